The molecule has 0 aliphatic carbocycles. The standard InChI is InChI=1S/C16H16N2O/c1-18(10-16(9-17)11-19-12-16)15-8-4-6-13-5-2-3-7-14(13)15/h2-8H,10-12H2,1H3. The summed E-state index contributed by atoms with van der Waals surface area (Å²) in [6, 6.07) is 17.0. The number of fused-ring (bicyclic) bond motifs is 1. The second kappa shape index (κ2) is 4.56. The lowest BCUT2D eigenvalue weighted by Gasteiger charge is -2.38. The molecule has 0 spiro atoms. The van der Waals surface area contributed by atoms with Crippen LogP contribution in [0.5, 0.6) is 0 Å². The Labute approximate surface area is 113 Å². The quantitative estimate of drug-likeness (QED) is 0.842. The number of ether oxygens (including phenoxy) is 1. The molecule has 3 heteroatoms. The molecule has 3 nitrogen and oxygen atoms in total. The Morgan fingerprint density at radius 1 is 1.21 bits per heavy atom. The Morgan fingerprint density at radius 2 is 1.95 bits per heavy atom. The van der Waals surface area contributed by atoms with Gasteiger partial charge in [-0.05, 0) is 11.5 Å². The van der Waals surface area contributed by atoms with Gasteiger partial charge in [-0.25, -0.2) is 0 Å². The molecule has 0 N–H and O–H groups in total. The Balaban J connectivity index is 1.94. The zero-order valence-electron chi connectivity index (χ0n) is 11.0. The first kappa shape index (κ1) is 12.0. The van der Waals surface area contributed by atoms with E-state index in [1.165, 1.54) is 16.5 Å². The van der Waals surface area contributed by atoms with Gasteiger partial charge in [0.15, 0.2) is 0 Å². The number of anilines is 1. The molecule has 0 saturated carbocycles. The Morgan fingerprint density at radius 3 is 2.63 bits per heavy atom. The first-order chi connectivity index (χ1) is 9.24. The first-order valence-electron chi connectivity index (χ1n) is 6.42. The van der Waals surface area contributed by atoms with Gasteiger partial charge in [0.1, 0.15) is 5.41 Å². The van der Waals surface area contributed by atoms with Crippen molar-refractivity contribution in [2.24, 2.45) is 5.41 Å². The van der Waals surface area contributed by atoms with Crippen LogP contribution in [0.1, 0.15) is 0 Å². The summed E-state index contributed by atoms with van der Waals surface area (Å²) in [5.41, 5.74) is 0.825. The predicted molar refractivity (Wildman–Crippen MR) is 76.1 cm³/mol. The third-order valence-corrected chi connectivity index (χ3v) is 3.71. The predicted octanol–water partition coefficient (Wildman–Crippen LogP) is 2.82. The summed E-state index contributed by atoms with van der Waals surface area (Å²) >= 11 is 0. The van der Waals surface area contributed by atoms with Gasteiger partial charge < -0.3 is 9.64 Å². The van der Waals surface area contributed by atoms with Crippen molar-refractivity contribution in [2.75, 3.05) is 31.7 Å². The van der Waals surface area contributed by atoms with Crippen molar-refractivity contribution < 1.29 is 4.74 Å². The molecule has 2 aromatic rings. The van der Waals surface area contributed by atoms with Gasteiger partial charge >= 0.3 is 0 Å². The summed E-state index contributed by atoms with van der Waals surface area (Å²) in [5.74, 6) is 0. The number of hydrogen-bond acceptors (Lipinski definition) is 3. The van der Waals surface area contributed by atoms with E-state index in [2.05, 4.69) is 41.3 Å². The number of hydrogen-bond donors (Lipinski definition) is 0. The molecule has 1 heterocycles. The minimum absolute atomic E-state index is 0.342. The molecule has 0 amide bonds. The fraction of sp³-hybridized carbons (Fsp3) is 0.312. The van der Waals surface area contributed by atoms with Gasteiger partial charge in [0.05, 0.1) is 19.3 Å². The van der Waals surface area contributed by atoms with Crippen LogP contribution in [-0.4, -0.2) is 26.8 Å². The molecule has 1 fully saturated rings. The lowest BCUT2D eigenvalue weighted by atomic mass is 9.87. The van der Waals surface area contributed by atoms with Crippen LogP contribution in [0.3, 0.4) is 0 Å². The molecule has 2 aromatic carbocycles. The summed E-state index contributed by atoms with van der Waals surface area (Å²) < 4.78 is 5.20. The van der Waals surface area contributed by atoms with Gasteiger partial charge in [0.25, 0.3) is 0 Å². The van der Waals surface area contributed by atoms with Crippen LogP contribution in [0.15, 0.2) is 42.5 Å². The summed E-state index contributed by atoms with van der Waals surface area (Å²) in [4.78, 5) is 2.16. The fourth-order valence-electron chi connectivity index (χ4n) is 2.62. The van der Waals surface area contributed by atoms with Crippen molar-refractivity contribution in [3.8, 4) is 6.07 Å². The number of nitriles is 1. The highest BCUT2D eigenvalue weighted by molar-refractivity contribution is 5.94. The van der Waals surface area contributed by atoms with Gasteiger partial charge in [0.2, 0.25) is 0 Å². The lowest BCUT2D eigenvalue weighted by Crippen LogP contribution is -2.49. The highest BCUT2D eigenvalue weighted by Crippen LogP contribution is 2.32. The summed E-state index contributed by atoms with van der Waals surface area (Å²) in [6.07, 6.45) is 0. The van der Waals surface area contributed by atoms with Gasteiger partial charge in [-0.15, -0.1) is 0 Å². The normalized spacial score (nSPS) is 16.6. The second-order valence-electron chi connectivity index (χ2n) is 5.24. The van der Waals surface area contributed by atoms with E-state index in [-0.39, 0.29) is 5.41 Å². The van der Waals surface area contributed by atoms with Crippen LogP contribution in [0, 0.1) is 16.7 Å². The molecular weight excluding hydrogens is 236 g/mol. The summed E-state index contributed by atoms with van der Waals surface area (Å²) in [6.45, 7) is 1.79. The molecule has 1 aliphatic rings. The van der Waals surface area contributed by atoms with E-state index in [9.17, 15) is 5.26 Å². The van der Waals surface area contributed by atoms with E-state index in [0.717, 1.165) is 0 Å². The van der Waals surface area contributed by atoms with Crippen molar-refractivity contribution in [1.29, 1.82) is 5.26 Å². The first-order valence-corrected chi connectivity index (χ1v) is 6.42. The molecule has 3 rings (SSSR count). The van der Waals surface area contributed by atoms with E-state index in [0.29, 0.717) is 19.8 Å². The topological polar surface area (TPSA) is 36.3 Å². The smallest absolute Gasteiger partial charge is 0.121 e. The zero-order valence-corrected chi connectivity index (χ0v) is 11.0. The maximum atomic E-state index is 9.29. The van der Waals surface area contributed by atoms with Gasteiger partial charge in [-0.1, -0.05) is 36.4 Å². The third kappa shape index (κ3) is 2.05. The Bertz CT molecular complexity index is 635. The SMILES string of the molecule is CN(CC1(C#N)COC1)c1cccc2ccccc12. The van der Waals surface area contributed by atoms with Crippen molar-refractivity contribution in [2.45, 2.75) is 0 Å². The number of benzene rings is 2. The second-order valence-corrected chi connectivity index (χ2v) is 5.24. The average Bonchev–Trinajstić information content (AvgIpc) is 2.42. The van der Waals surface area contributed by atoms with Gasteiger partial charge in [-0.2, -0.15) is 5.26 Å². The minimum atomic E-state index is -0.342. The van der Waals surface area contributed by atoms with Crippen molar-refractivity contribution in [3.63, 3.8) is 0 Å². The van der Waals surface area contributed by atoms with Crippen molar-refractivity contribution in [1.82, 2.24) is 0 Å². The highest BCUT2D eigenvalue weighted by atomic mass is 16.5. The zero-order chi connectivity index (χ0) is 13.3. The minimum Gasteiger partial charge on any atom is -0.378 e. The van der Waals surface area contributed by atoms with Crippen LogP contribution in [0.25, 0.3) is 10.8 Å². The van der Waals surface area contributed by atoms with Crippen LogP contribution in [0.2, 0.25) is 0 Å². The molecule has 1 aliphatic heterocycles. The van der Waals surface area contributed by atoms with E-state index in [1.54, 1.807) is 0 Å². The molecule has 96 valence electrons. The molecule has 0 radical (unpaired) electrons. The molecule has 0 aromatic heterocycles. The van der Waals surface area contributed by atoms with Gasteiger partial charge in [-0.3, -0.25) is 0 Å². The van der Waals surface area contributed by atoms with E-state index in [4.69, 9.17) is 4.74 Å². The molecule has 0 unspecified atom stereocenters. The highest BCUT2D eigenvalue weighted by Gasteiger charge is 2.40. The molecule has 0 bridgehead atoms. The molecule has 19 heavy (non-hydrogen) atoms. The van der Waals surface area contributed by atoms with Crippen LogP contribution >= 0.6 is 0 Å². The van der Waals surface area contributed by atoms with E-state index in [1.807, 2.05) is 19.2 Å². The Hall–Kier alpha value is -2.05. The van der Waals surface area contributed by atoms with Gasteiger partial charge in [0, 0.05) is 24.7 Å². The summed E-state index contributed by atoms with van der Waals surface area (Å²) in [5, 5.41) is 11.7. The van der Waals surface area contributed by atoms with Crippen molar-refractivity contribution in [3.05, 3.63) is 42.5 Å². The molecular formula is C16H16N2O. The maximum Gasteiger partial charge on any atom is 0.121 e. The fourth-order valence-corrected chi connectivity index (χ4v) is 2.62. The Kier molecular flexibility index (Phi) is 2.88. The monoisotopic (exact) mass is 252 g/mol. The molecule has 0 atom stereocenters. The molecule has 1 saturated heterocycles. The van der Waals surface area contributed by atoms with Crippen LogP contribution in [0.4, 0.5) is 5.69 Å². The average molecular weight is 252 g/mol. The van der Waals surface area contributed by atoms with Crippen molar-refractivity contribution >= 4 is 16.5 Å². The largest absolute Gasteiger partial charge is 0.378 e. The van der Waals surface area contributed by atoms with Crippen LogP contribution < -0.4 is 4.90 Å². The number of rotatable bonds is 3. The maximum absolute atomic E-state index is 9.29. The van der Waals surface area contributed by atoms with E-state index < -0.39 is 0 Å². The lowest BCUT2D eigenvalue weighted by molar-refractivity contribution is -0.0716. The van der Waals surface area contributed by atoms with Crippen LogP contribution in [-0.2, 0) is 4.74 Å². The third-order valence-electron chi connectivity index (χ3n) is 3.71. The van der Waals surface area contributed by atoms with E-state index >= 15 is 0 Å². The summed E-state index contributed by atoms with van der Waals surface area (Å²) in [7, 11) is 2.04. The number of nitrogens with zero attached hydrogens (tertiary/aromatic N) is 2.